The highest BCUT2D eigenvalue weighted by Gasteiger charge is 2.27. The zero-order valence-electron chi connectivity index (χ0n) is 7.87. The molecule has 0 fully saturated rings. The van der Waals surface area contributed by atoms with Gasteiger partial charge in [-0.05, 0) is 31.1 Å². The lowest BCUT2D eigenvalue weighted by molar-refractivity contribution is -0.0327. The minimum absolute atomic E-state index is 0.0183. The average Bonchev–Trinajstić information content (AvgIpc) is 2.08. The van der Waals surface area contributed by atoms with E-state index in [9.17, 15) is 13.2 Å². The Morgan fingerprint density at radius 1 is 1.07 bits per heavy atom. The van der Waals surface area contributed by atoms with Crippen LogP contribution in [0.4, 0.5) is 13.2 Å². The van der Waals surface area contributed by atoms with Crippen molar-refractivity contribution in [3.05, 3.63) is 0 Å². The fraction of sp³-hybridized carbons (Fsp3) is 1.00. The van der Waals surface area contributed by atoms with E-state index in [0.717, 1.165) is 25.8 Å². The van der Waals surface area contributed by atoms with Gasteiger partial charge in [0.1, 0.15) is 0 Å². The number of hydrogen-bond acceptors (Lipinski definition) is 2. The summed E-state index contributed by atoms with van der Waals surface area (Å²) in [5.41, 5.74) is -4.10. The third kappa shape index (κ3) is 12.4. The molecule has 0 aliphatic heterocycles. The van der Waals surface area contributed by atoms with Crippen molar-refractivity contribution in [1.29, 1.82) is 0 Å². The second kappa shape index (κ2) is 8.68. The van der Waals surface area contributed by atoms with Crippen LogP contribution >= 0.6 is 23.4 Å². The van der Waals surface area contributed by atoms with Crippen LogP contribution in [0.25, 0.3) is 0 Å². The van der Waals surface area contributed by atoms with Gasteiger partial charge in [-0.1, -0.05) is 6.42 Å². The number of thioether (sulfide) groups is 1. The molecule has 0 radical (unpaired) electrons. The second-order valence-corrected chi connectivity index (χ2v) is 4.33. The molecule has 0 amide bonds. The van der Waals surface area contributed by atoms with Gasteiger partial charge in [-0.2, -0.15) is 13.2 Å². The number of rotatable bonds is 8. The molecule has 0 spiro atoms. The standard InChI is InChI=1S/C8H15ClF3NS/c9-4-2-1-3-5-13-6-7-14-8(10,11)12/h13H,1-7H2. The molecule has 0 aliphatic carbocycles. The highest BCUT2D eigenvalue weighted by Crippen LogP contribution is 2.29. The summed E-state index contributed by atoms with van der Waals surface area (Å²) in [5.74, 6) is 0.739. The van der Waals surface area contributed by atoms with Crippen molar-refractivity contribution in [1.82, 2.24) is 5.32 Å². The molecule has 0 heterocycles. The highest BCUT2D eigenvalue weighted by atomic mass is 35.5. The number of alkyl halides is 4. The lowest BCUT2D eigenvalue weighted by Gasteiger charge is -2.06. The van der Waals surface area contributed by atoms with Crippen molar-refractivity contribution in [3.8, 4) is 0 Å². The Balaban J connectivity index is 2.99. The van der Waals surface area contributed by atoms with E-state index in [0.29, 0.717) is 12.4 Å². The largest absolute Gasteiger partial charge is 0.441 e. The SMILES string of the molecule is FC(F)(F)SCCNCCCCCCl. The Morgan fingerprint density at radius 3 is 2.36 bits per heavy atom. The van der Waals surface area contributed by atoms with Gasteiger partial charge in [-0.3, -0.25) is 0 Å². The molecule has 0 bridgehead atoms. The van der Waals surface area contributed by atoms with Crippen LogP contribution < -0.4 is 5.32 Å². The first-order valence-electron chi connectivity index (χ1n) is 4.53. The maximum absolute atomic E-state index is 11.7. The van der Waals surface area contributed by atoms with Crippen molar-refractivity contribution in [2.24, 2.45) is 0 Å². The highest BCUT2D eigenvalue weighted by molar-refractivity contribution is 8.00. The quantitative estimate of drug-likeness (QED) is 0.524. The fourth-order valence-corrected chi connectivity index (χ4v) is 1.55. The minimum Gasteiger partial charge on any atom is -0.316 e. The van der Waals surface area contributed by atoms with E-state index in [4.69, 9.17) is 11.6 Å². The Kier molecular flexibility index (Phi) is 8.92. The molecule has 0 aromatic carbocycles. The monoisotopic (exact) mass is 249 g/mol. The molecule has 86 valence electrons. The Bertz CT molecular complexity index is 132. The molecule has 0 saturated heterocycles. The van der Waals surface area contributed by atoms with Gasteiger partial charge in [0.2, 0.25) is 0 Å². The molecule has 1 nitrogen and oxygen atoms in total. The van der Waals surface area contributed by atoms with Crippen LogP contribution in [0, 0.1) is 0 Å². The molecule has 0 aliphatic rings. The van der Waals surface area contributed by atoms with E-state index in [-0.39, 0.29) is 17.5 Å². The predicted octanol–water partition coefficient (Wildman–Crippen LogP) is 3.24. The molecule has 0 aromatic heterocycles. The van der Waals surface area contributed by atoms with Gasteiger partial charge in [0.15, 0.2) is 0 Å². The van der Waals surface area contributed by atoms with Gasteiger partial charge in [0.25, 0.3) is 0 Å². The first kappa shape index (κ1) is 14.4. The van der Waals surface area contributed by atoms with Crippen LogP contribution in [0.2, 0.25) is 0 Å². The number of halogens is 4. The molecule has 1 N–H and O–H groups in total. The molecule has 0 saturated carbocycles. The van der Waals surface area contributed by atoms with Crippen LogP contribution in [0.1, 0.15) is 19.3 Å². The van der Waals surface area contributed by atoms with Gasteiger partial charge in [0, 0.05) is 18.2 Å². The van der Waals surface area contributed by atoms with Crippen LogP contribution in [0.3, 0.4) is 0 Å². The summed E-state index contributed by atoms with van der Waals surface area (Å²) in [6.45, 7) is 1.18. The summed E-state index contributed by atoms with van der Waals surface area (Å²) in [7, 11) is 0. The van der Waals surface area contributed by atoms with Gasteiger partial charge in [-0.15, -0.1) is 11.6 Å². The number of hydrogen-bond donors (Lipinski definition) is 1. The maximum Gasteiger partial charge on any atom is 0.441 e. The van der Waals surface area contributed by atoms with E-state index in [2.05, 4.69) is 5.32 Å². The first-order chi connectivity index (χ1) is 6.56. The van der Waals surface area contributed by atoms with E-state index < -0.39 is 5.51 Å². The lowest BCUT2D eigenvalue weighted by Crippen LogP contribution is -2.19. The molecule has 14 heavy (non-hydrogen) atoms. The fourth-order valence-electron chi connectivity index (χ4n) is 0.885. The second-order valence-electron chi connectivity index (χ2n) is 2.79. The van der Waals surface area contributed by atoms with Gasteiger partial charge in [-0.25, -0.2) is 0 Å². The van der Waals surface area contributed by atoms with E-state index in [1.807, 2.05) is 0 Å². The first-order valence-corrected chi connectivity index (χ1v) is 6.05. The van der Waals surface area contributed by atoms with Crippen molar-refractivity contribution in [3.63, 3.8) is 0 Å². The smallest absolute Gasteiger partial charge is 0.316 e. The molecule has 6 heteroatoms. The average molecular weight is 250 g/mol. The van der Waals surface area contributed by atoms with E-state index in [1.54, 1.807) is 0 Å². The molecule has 0 atom stereocenters. The zero-order chi connectivity index (χ0) is 10.9. The summed E-state index contributed by atoms with van der Waals surface area (Å²) in [6.07, 6.45) is 2.98. The number of nitrogens with one attached hydrogen (secondary N) is 1. The Hall–Kier alpha value is 0.390. The lowest BCUT2D eigenvalue weighted by atomic mass is 10.2. The molecule has 0 unspecified atom stereocenters. The van der Waals surface area contributed by atoms with Gasteiger partial charge >= 0.3 is 5.51 Å². The van der Waals surface area contributed by atoms with Crippen LogP contribution in [-0.4, -0.2) is 30.2 Å². The summed E-state index contributed by atoms with van der Waals surface area (Å²) < 4.78 is 35.0. The Labute approximate surface area is 91.8 Å². The van der Waals surface area contributed by atoms with Crippen molar-refractivity contribution in [2.45, 2.75) is 24.8 Å². The topological polar surface area (TPSA) is 12.0 Å². The number of unbranched alkanes of at least 4 members (excludes halogenated alkanes) is 2. The Morgan fingerprint density at radius 2 is 1.79 bits per heavy atom. The normalized spacial score (nSPS) is 12.0. The summed E-state index contributed by atoms with van der Waals surface area (Å²) in [6, 6.07) is 0. The van der Waals surface area contributed by atoms with Gasteiger partial charge in [0.05, 0.1) is 0 Å². The molecular weight excluding hydrogens is 235 g/mol. The zero-order valence-corrected chi connectivity index (χ0v) is 9.44. The predicted molar refractivity (Wildman–Crippen MR) is 56.0 cm³/mol. The van der Waals surface area contributed by atoms with Crippen molar-refractivity contribution in [2.75, 3.05) is 24.7 Å². The maximum atomic E-state index is 11.7. The van der Waals surface area contributed by atoms with Gasteiger partial charge < -0.3 is 5.32 Å². The van der Waals surface area contributed by atoms with E-state index >= 15 is 0 Å². The minimum atomic E-state index is -4.10. The van der Waals surface area contributed by atoms with Crippen LogP contribution in [0.5, 0.6) is 0 Å². The molecule has 0 aromatic rings. The summed E-state index contributed by atoms with van der Waals surface area (Å²) in [5, 5.41) is 2.95. The van der Waals surface area contributed by atoms with Crippen molar-refractivity contribution >= 4 is 23.4 Å². The summed E-state index contributed by atoms with van der Waals surface area (Å²) >= 11 is 5.48. The van der Waals surface area contributed by atoms with Crippen LogP contribution in [-0.2, 0) is 0 Å². The summed E-state index contributed by atoms with van der Waals surface area (Å²) in [4.78, 5) is 0. The third-order valence-corrected chi connectivity index (χ3v) is 2.53. The van der Waals surface area contributed by atoms with Crippen molar-refractivity contribution < 1.29 is 13.2 Å². The van der Waals surface area contributed by atoms with Crippen LogP contribution in [0.15, 0.2) is 0 Å². The third-order valence-electron chi connectivity index (χ3n) is 1.53. The molecular formula is C8H15ClF3NS. The van der Waals surface area contributed by atoms with E-state index in [1.165, 1.54) is 0 Å². The molecule has 0 rings (SSSR count).